The van der Waals surface area contributed by atoms with Gasteiger partial charge in [0, 0.05) is 18.9 Å². The number of aromatic nitrogens is 2. The number of hydrogen-bond donors (Lipinski definition) is 1. The first-order valence-electron chi connectivity index (χ1n) is 9.13. The summed E-state index contributed by atoms with van der Waals surface area (Å²) in [4.78, 5) is 11.9. The minimum atomic E-state index is -0.0138. The van der Waals surface area contributed by atoms with Crippen molar-refractivity contribution in [3.8, 4) is 5.75 Å². The Hall–Kier alpha value is -1.29. The van der Waals surface area contributed by atoms with Gasteiger partial charge in [-0.15, -0.1) is 10.2 Å². The summed E-state index contributed by atoms with van der Waals surface area (Å²) in [7, 11) is 1.66. The highest BCUT2D eigenvalue weighted by Gasteiger charge is 2.09. The van der Waals surface area contributed by atoms with Gasteiger partial charge in [-0.2, -0.15) is 0 Å². The Bertz CT molecular complexity index is 708. The van der Waals surface area contributed by atoms with Crippen LogP contribution in [0.15, 0.2) is 32.9 Å². The lowest BCUT2D eigenvalue weighted by atomic mass is 10.1. The minimum Gasteiger partial charge on any atom is -0.497 e. The SMILES string of the molecule is COc1ccc(CSc2nnc(SCC(=O)NCCOCCC(C)C)s2)cc1. The minimum absolute atomic E-state index is 0.0138. The van der Waals surface area contributed by atoms with E-state index in [0.717, 1.165) is 33.2 Å². The van der Waals surface area contributed by atoms with Crippen LogP contribution in [0.1, 0.15) is 25.8 Å². The number of nitrogens with one attached hydrogen (secondary N) is 1. The summed E-state index contributed by atoms with van der Waals surface area (Å²) in [5.74, 6) is 2.63. The lowest BCUT2D eigenvalue weighted by Gasteiger charge is -2.07. The van der Waals surface area contributed by atoms with Crippen molar-refractivity contribution in [1.29, 1.82) is 0 Å². The van der Waals surface area contributed by atoms with E-state index in [1.807, 2.05) is 24.3 Å². The fourth-order valence-corrected chi connectivity index (χ4v) is 4.85. The van der Waals surface area contributed by atoms with E-state index in [2.05, 4.69) is 29.4 Å². The zero-order valence-electron chi connectivity index (χ0n) is 16.5. The molecule has 2 rings (SSSR count). The van der Waals surface area contributed by atoms with Gasteiger partial charge in [0.1, 0.15) is 5.75 Å². The topological polar surface area (TPSA) is 73.3 Å². The first-order chi connectivity index (χ1) is 13.6. The summed E-state index contributed by atoms with van der Waals surface area (Å²) < 4.78 is 12.4. The van der Waals surface area contributed by atoms with Gasteiger partial charge in [-0.3, -0.25) is 4.79 Å². The molecule has 1 heterocycles. The summed E-state index contributed by atoms with van der Waals surface area (Å²) in [5, 5.41) is 11.2. The molecule has 0 unspecified atom stereocenters. The highest BCUT2D eigenvalue weighted by Crippen LogP contribution is 2.30. The number of amides is 1. The van der Waals surface area contributed by atoms with Crippen LogP contribution in [0.5, 0.6) is 5.75 Å². The molecule has 9 heteroatoms. The van der Waals surface area contributed by atoms with Crippen molar-refractivity contribution in [2.24, 2.45) is 5.92 Å². The van der Waals surface area contributed by atoms with E-state index in [9.17, 15) is 4.79 Å². The van der Waals surface area contributed by atoms with Crippen LogP contribution < -0.4 is 10.1 Å². The normalized spacial score (nSPS) is 11.0. The molecule has 0 atom stereocenters. The molecule has 6 nitrogen and oxygen atoms in total. The number of carbonyl (C=O) groups is 1. The summed E-state index contributed by atoms with van der Waals surface area (Å²) >= 11 is 4.56. The van der Waals surface area contributed by atoms with Crippen LogP contribution in [0, 0.1) is 5.92 Å². The third-order valence-corrected chi connectivity index (χ3v) is 6.91. The van der Waals surface area contributed by atoms with Crippen LogP contribution in [-0.2, 0) is 15.3 Å². The molecule has 1 aromatic heterocycles. The van der Waals surface area contributed by atoms with E-state index >= 15 is 0 Å². The second kappa shape index (κ2) is 13.0. The first kappa shape index (κ1) is 23.0. The molecule has 0 radical (unpaired) electrons. The van der Waals surface area contributed by atoms with Gasteiger partial charge < -0.3 is 14.8 Å². The van der Waals surface area contributed by atoms with Crippen LogP contribution in [-0.4, -0.2) is 48.7 Å². The fourth-order valence-electron chi connectivity index (χ4n) is 2.04. The lowest BCUT2D eigenvalue weighted by Crippen LogP contribution is -2.28. The maximum Gasteiger partial charge on any atom is 0.230 e. The number of ether oxygens (including phenoxy) is 2. The molecular weight excluding hydrogens is 414 g/mol. The molecule has 0 saturated heterocycles. The Labute approximate surface area is 179 Å². The smallest absolute Gasteiger partial charge is 0.230 e. The van der Waals surface area contributed by atoms with E-state index in [0.29, 0.717) is 24.8 Å². The molecule has 0 fully saturated rings. The molecule has 0 bridgehead atoms. The highest BCUT2D eigenvalue weighted by atomic mass is 32.2. The fraction of sp³-hybridized carbons (Fsp3) is 0.526. The predicted octanol–water partition coefficient (Wildman–Crippen LogP) is 4.11. The molecule has 0 aliphatic heterocycles. The molecule has 2 aromatic rings. The second-order valence-corrected chi connectivity index (χ2v) is 9.83. The Morgan fingerprint density at radius 2 is 1.86 bits per heavy atom. The van der Waals surface area contributed by atoms with Crippen LogP contribution in [0.3, 0.4) is 0 Å². The molecule has 0 spiro atoms. The quantitative estimate of drug-likeness (QED) is 0.370. The van der Waals surface area contributed by atoms with Crippen LogP contribution in [0.2, 0.25) is 0 Å². The Balaban J connectivity index is 1.60. The summed E-state index contributed by atoms with van der Waals surface area (Å²) in [6.07, 6.45) is 1.04. The standard InChI is InChI=1S/C19H27N3O3S3/c1-14(2)8-10-25-11-9-20-17(23)13-27-19-22-21-18(28-19)26-12-15-4-6-16(24-3)7-5-15/h4-7,14H,8-13H2,1-3H3,(H,20,23). The van der Waals surface area contributed by atoms with Gasteiger partial charge in [0.2, 0.25) is 5.91 Å². The summed E-state index contributed by atoms with van der Waals surface area (Å²) in [6, 6.07) is 7.98. The number of rotatable bonds is 13. The second-order valence-electron chi connectivity index (χ2n) is 6.40. The Morgan fingerprint density at radius 3 is 2.54 bits per heavy atom. The molecule has 154 valence electrons. The van der Waals surface area contributed by atoms with E-state index in [1.165, 1.54) is 28.7 Å². The number of hydrogen-bond acceptors (Lipinski definition) is 8. The van der Waals surface area contributed by atoms with Crippen molar-refractivity contribution in [3.05, 3.63) is 29.8 Å². The van der Waals surface area contributed by atoms with Crippen molar-refractivity contribution < 1.29 is 14.3 Å². The zero-order chi connectivity index (χ0) is 20.2. The number of thioether (sulfide) groups is 2. The van der Waals surface area contributed by atoms with Crippen LogP contribution in [0.25, 0.3) is 0 Å². The molecule has 0 saturated carbocycles. The van der Waals surface area contributed by atoms with Crippen LogP contribution in [0.4, 0.5) is 0 Å². The monoisotopic (exact) mass is 441 g/mol. The van der Waals surface area contributed by atoms with E-state index in [-0.39, 0.29) is 5.91 Å². The van der Waals surface area contributed by atoms with Crippen molar-refractivity contribution in [2.45, 2.75) is 34.7 Å². The van der Waals surface area contributed by atoms with E-state index < -0.39 is 0 Å². The average Bonchev–Trinajstić information content (AvgIpc) is 3.15. The van der Waals surface area contributed by atoms with Gasteiger partial charge in [0.05, 0.1) is 19.5 Å². The van der Waals surface area contributed by atoms with Crippen LogP contribution >= 0.6 is 34.9 Å². The Kier molecular flexibility index (Phi) is 10.7. The van der Waals surface area contributed by atoms with E-state index in [1.54, 1.807) is 18.9 Å². The lowest BCUT2D eigenvalue weighted by molar-refractivity contribution is -0.118. The molecule has 1 N–H and O–H groups in total. The molecule has 1 amide bonds. The number of carbonyl (C=O) groups excluding carboxylic acids is 1. The zero-order valence-corrected chi connectivity index (χ0v) is 18.9. The predicted molar refractivity (Wildman–Crippen MR) is 116 cm³/mol. The van der Waals surface area contributed by atoms with Gasteiger partial charge in [-0.1, -0.05) is 60.8 Å². The average molecular weight is 442 g/mol. The van der Waals surface area contributed by atoms with Gasteiger partial charge in [-0.05, 0) is 30.0 Å². The largest absolute Gasteiger partial charge is 0.497 e. The summed E-state index contributed by atoms with van der Waals surface area (Å²) in [5.41, 5.74) is 1.20. The van der Waals surface area contributed by atoms with Crippen molar-refractivity contribution in [1.82, 2.24) is 15.5 Å². The third kappa shape index (κ3) is 9.27. The molecule has 0 aliphatic carbocycles. The van der Waals surface area contributed by atoms with Gasteiger partial charge in [-0.25, -0.2) is 0 Å². The molecule has 28 heavy (non-hydrogen) atoms. The van der Waals surface area contributed by atoms with Gasteiger partial charge in [0.25, 0.3) is 0 Å². The first-order valence-corrected chi connectivity index (χ1v) is 11.9. The maximum atomic E-state index is 11.9. The number of methoxy groups -OCH3 is 1. The van der Waals surface area contributed by atoms with E-state index in [4.69, 9.17) is 9.47 Å². The van der Waals surface area contributed by atoms with Crippen molar-refractivity contribution >= 4 is 40.8 Å². The van der Waals surface area contributed by atoms with Gasteiger partial charge >= 0.3 is 0 Å². The molecular formula is C19H27N3O3S3. The number of nitrogens with zero attached hydrogens (tertiary/aromatic N) is 2. The molecule has 0 aliphatic rings. The summed E-state index contributed by atoms with van der Waals surface area (Å²) in [6.45, 7) is 6.16. The van der Waals surface area contributed by atoms with Crippen molar-refractivity contribution in [3.63, 3.8) is 0 Å². The number of benzene rings is 1. The Morgan fingerprint density at radius 1 is 1.14 bits per heavy atom. The van der Waals surface area contributed by atoms with Crippen molar-refractivity contribution in [2.75, 3.05) is 32.6 Å². The maximum absolute atomic E-state index is 11.9. The highest BCUT2D eigenvalue weighted by molar-refractivity contribution is 8.03. The third-order valence-electron chi connectivity index (χ3n) is 3.64. The van der Waals surface area contributed by atoms with Gasteiger partial charge in [0.15, 0.2) is 8.68 Å². The molecule has 1 aromatic carbocycles.